The average Bonchev–Trinajstić information content (AvgIpc) is 3.28. The zero-order valence-electron chi connectivity index (χ0n) is 23.0. The predicted molar refractivity (Wildman–Crippen MR) is 151 cm³/mol. The van der Waals surface area contributed by atoms with Crippen LogP contribution in [-0.2, 0) is 13.1 Å². The fourth-order valence-corrected chi connectivity index (χ4v) is 5.47. The Hall–Kier alpha value is -3.72. The number of hydrogen-bond acceptors (Lipinski definition) is 6. The summed E-state index contributed by atoms with van der Waals surface area (Å²) < 4.78 is 10.9. The van der Waals surface area contributed by atoms with E-state index >= 15 is 0 Å². The number of aliphatic hydroxyl groups excluding tert-OH is 1. The average molecular weight is 532 g/mol. The van der Waals surface area contributed by atoms with Crippen molar-refractivity contribution in [1.82, 2.24) is 23.7 Å². The minimum atomic E-state index is -0.419. The lowest BCUT2D eigenvalue weighted by Crippen LogP contribution is -2.41. The molecule has 1 aromatic carbocycles. The zero-order valence-corrected chi connectivity index (χ0v) is 23.0. The molecule has 39 heavy (non-hydrogen) atoms. The molecule has 206 valence electrons. The second kappa shape index (κ2) is 11.6. The lowest BCUT2D eigenvalue weighted by Gasteiger charge is -2.22. The monoisotopic (exact) mass is 531 g/mol. The number of aryl methyl sites for hydroxylation is 1. The number of rotatable bonds is 9. The van der Waals surface area contributed by atoms with Gasteiger partial charge in [0.25, 0.3) is 5.56 Å². The van der Waals surface area contributed by atoms with E-state index in [0.29, 0.717) is 35.8 Å². The number of pyridine rings is 1. The van der Waals surface area contributed by atoms with Crippen molar-refractivity contribution in [2.75, 3.05) is 6.61 Å². The fourth-order valence-electron chi connectivity index (χ4n) is 5.47. The van der Waals surface area contributed by atoms with Crippen LogP contribution in [0.2, 0.25) is 0 Å². The van der Waals surface area contributed by atoms with E-state index in [1.165, 1.54) is 23.8 Å². The molecule has 0 atom stereocenters. The SMILES string of the molecule is Cc1nc(OC2CCCCC2)ccc1-c1nc2c(c(=O)n(CCCO)c(=O)n2C(C)C)n1Cc1ccccc1. The van der Waals surface area contributed by atoms with Crippen molar-refractivity contribution in [2.45, 2.75) is 84.5 Å². The summed E-state index contributed by atoms with van der Waals surface area (Å²) in [5.41, 5.74) is 2.42. The Morgan fingerprint density at radius 3 is 2.41 bits per heavy atom. The van der Waals surface area contributed by atoms with Crippen molar-refractivity contribution in [2.24, 2.45) is 0 Å². The summed E-state index contributed by atoms with van der Waals surface area (Å²) in [5, 5.41) is 9.40. The molecule has 1 fully saturated rings. The maximum Gasteiger partial charge on any atom is 0.332 e. The van der Waals surface area contributed by atoms with Crippen molar-refractivity contribution in [1.29, 1.82) is 0 Å². The van der Waals surface area contributed by atoms with E-state index in [2.05, 4.69) is 0 Å². The van der Waals surface area contributed by atoms with Gasteiger partial charge in [0.2, 0.25) is 5.88 Å². The summed E-state index contributed by atoms with van der Waals surface area (Å²) >= 11 is 0. The first-order valence-corrected chi connectivity index (χ1v) is 13.9. The highest BCUT2D eigenvalue weighted by atomic mass is 16.5. The third kappa shape index (κ3) is 5.41. The van der Waals surface area contributed by atoms with Gasteiger partial charge in [0.05, 0.1) is 5.69 Å². The Labute approximate surface area is 227 Å². The first-order chi connectivity index (χ1) is 18.9. The smallest absolute Gasteiger partial charge is 0.332 e. The van der Waals surface area contributed by atoms with E-state index < -0.39 is 11.2 Å². The maximum atomic E-state index is 13.8. The molecule has 0 amide bonds. The van der Waals surface area contributed by atoms with Crippen LogP contribution >= 0.6 is 0 Å². The molecule has 1 aliphatic carbocycles. The number of fused-ring (bicyclic) bond motifs is 1. The van der Waals surface area contributed by atoms with Crippen molar-refractivity contribution in [3.8, 4) is 17.3 Å². The number of aromatic nitrogens is 5. The van der Waals surface area contributed by atoms with Gasteiger partial charge in [0, 0.05) is 37.4 Å². The Balaban J connectivity index is 1.70. The lowest BCUT2D eigenvalue weighted by molar-refractivity contribution is 0.148. The second-order valence-corrected chi connectivity index (χ2v) is 10.6. The molecule has 4 aromatic rings. The van der Waals surface area contributed by atoms with Crippen LogP contribution in [0.3, 0.4) is 0 Å². The van der Waals surface area contributed by atoms with Crippen LogP contribution in [-0.4, -0.2) is 41.5 Å². The van der Waals surface area contributed by atoms with E-state index in [4.69, 9.17) is 14.7 Å². The van der Waals surface area contributed by atoms with E-state index in [9.17, 15) is 14.7 Å². The van der Waals surface area contributed by atoms with Crippen LogP contribution in [0, 0.1) is 6.92 Å². The van der Waals surface area contributed by atoms with Gasteiger partial charge in [0.15, 0.2) is 11.2 Å². The molecule has 9 heteroatoms. The minimum absolute atomic E-state index is 0.111. The summed E-state index contributed by atoms with van der Waals surface area (Å²) in [4.78, 5) is 36.9. The van der Waals surface area contributed by atoms with E-state index in [1.807, 2.05) is 67.8 Å². The van der Waals surface area contributed by atoms with Gasteiger partial charge < -0.3 is 14.4 Å². The zero-order chi connectivity index (χ0) is 27.5. The molecule has 0 spiro atoms. The molecule has 0 bridgehead atoms. The van der Waals surface area contributed by atoms with Crippen LogP contribution in [0.15, 0.2) is 52.1 Å². The van der Waals surface area contributed by atoms with E-state index in [0.717, 1.165) is 29.7 Å². The molecule has 0 aliphatic heterocycles. The number of benzene rings is 1. The molecule has 0 unspecified atom stereocenters. The Morgan fingerprint density at radius 2 is 1.74 bits per heavy atom. The molecular formula is C30H37N5O4. The third-order valence-corrected chi connectivity index (χ3v) is 7.44. The van der Waals surface area contributed by atoms with E-state index in [1.54, 1.807) is 4.57 Å². The Kier molecular flexibility index (Phi) is 7.97. The van der Waals surface area contributed by atoms with Crippen molar-refractivity contribution < 1.29 is 9.84 Å². The van der Waals surface area contributed by atoms with Gasteiger partial charge in [-0.25, -0.2) is 14.8 Å². The van der Waals surface area contributed by atoms with Gasteiger partial charge in [-0.05, 0) is 64.5 Å². The van der Waals surface area contributed by atoms with Crippen LogP contribution in [0.25, 0.3) is 22.6 Å². The first kappa shape index (κ1) is 26.9. The molecule has 9 nitrogen and oxygen atoms in total. The van der Waals surface area contributed by atoms with Gasteiger partial charge in [-0.1, -0.05) is 36.8 Å². The summed E-state index contributed by atoms with van der Waals surface area (Å²) in [5.74, 6) is 1.17. The topological polar surface area (TPSA) is 104 Å². The molecule has 0 saturated heterocycles. The quantitative estimate of drug-likeness (QED) is 0.342. The largest absolute Gasteiger partial charge is 0.474 e. The van der Waals surface area contributed by atoms with Gasteiger partial charge in [-0.2, -0.15) is 0 Å². The molecule has 3 aromatic heterocycles. The molecule has 3 heterocycles. The number of imidazole rings is 1. The highest BCUT2D eigenvalue weighted by molar-refractivity contribution is 5.78. The highest BCUT2D eigenvalue weighted by Gasteiger charge is 2.25. The molecule has 0 radical (unpaired) electrons. The standard InChI is InChI=1S/C30H37N5O4/c1-20(2)35-28-26(29(37)33(30(35)38)17-10-18-36)34(19-22-11-6-4-7-12-22)27(32-28)24-15-16-25(31-21(24)3)39-23-13-8-5-9-14-23/h4,6-7,11-12,15-16,20,23,36H,5,8-10,13-14,17-19H2,1-3H3. The van der Waals surface area contributed by atoms with Crippen molar-refractivity contribution in [3.63, 3.8) is 0 Å². The summed E-state index contributed by atoms with van der Waals surface area (Å²) in [6, 6.07) is 13.5. The summed E-state index contributed by atoms with van der Waals surface area (Å²) in [6.07, 6.45) is 6.21. The number of aliphatic hydroxyl groups is 1. The number of nitrogens with zero attached hydrogens (tertiary/aromatic N) is 5. The summed E-state index contributed by atoms with van der Waals surface area (Å²) in [7, 11) is 0. The van der Waals surface area contributed by atoms with Gasteiger partial charge in [0.1, 0.15) is 11.9 Å². The molecule has 1 N–H and O–H groups in total. The molecule has 5 rings (SSSR count). The number of ether oxygens (including phenoxy) is 1. The number of hydrogen-bond donors (Lipinski definition) is 1. The Morgan fingerprint density at radius 1 is 1.00 bits per heavy atom. The van der Waals surface area contributed by atoms with E-state index in [-0.39, 0.29) is 25.3 Å². The van der Waals surface area contributed by atoms with Gasteiger partial charge in [-0.3, -0.25) is 13.9 Å². The van der Waals surface area contributed by atoms with Crippen molar-refractivity contribution in [3.05, 3.63) is 74.6 Å². The van der Waals surface area contributed by atoms with Crippen LogP contribution in [0.1, 0.15) is 69.7 Å². The van der Waals surface area contributed by atoms with Crippen LogP contribution in [0.5, 0.6) is 5.88 Å². The van der Waals surface area contributed by atoms with Crippen LogP contribution < -0.4 is 16.0 Å². The van der Waals surface area contributed by atoms with Crippen molar-refractivity contribution >= 4 is 11.2 Å². The first-order valence-electron chi connectivity index (χ1n) is 13.9. The normalized spacial score (nSPS) is 14.4. The van der Waals surface area contributed by atoms with Crippen LogP contribution in [0.4, 0.5) is 0 Å². The highest BCUT2D eigenvalue weighted by Crippen LogP contribution is 2.29. The maximum absolute atomic E-state index is 13.8. The van der Waals surface area contributed by atoms with Gasteiger partial charge in [-0.15, -0.1) is 0 Å². The summed E-state index contributed by atoms with van der Waals surface area (Å²) in [6.45, 7) is 6.16. The Bertz CT molecular complexity index is 1560. The predicted octanol–water partition coefficient (Wildman–Crippen LogP) is 4.45. The lowest BCUT2D eigenvalue weighted by atomic mass is 9.98. The molecular weight excluding hydrogens is 494 g/mol. The third-order valence-electron chi connectivity index (χ3n) is 7.44. The minimum Gasteiger partial charge on any atom is -0.474 e. The molecule has 1 aliphatic rings. The fraction of sp³-hybridized carbons (Fsp3) is 0.467. The second-order valence-electron chi connectivity index (χ2n) is 10.6. The molecule has 1 saturated carbocycles. The van der Waals surface area contributed by atoms with Gasteiger partial charge >= 0.3 is 5.69 Å².